The van der Waals surface area contributed by atoms with Crippen molar-refractivity contribution < 1.29 is 14.3 Å². The van der Waals surface area contributed by atoms with Gasteiger partial charge in [-0.2, -0.15) is 0 Å². The predicted octanol–water partition coefficient (Wildman–Crippen LogP) is 3.16. The number of carbonyl (C=O) groups excluding carboxylic acids is 1. The maximum atomic E-state index is 10.3. The van der Waals surface area contributed by atoms with Crippen LogP contribution in [-0.4, -0.2) is 13.1 Å². The molecule has 92 valence electrons. The second kappa shape index (κ2) is 4.69. The standard InChI is InChI=1S/C15H14O3/c16-10-18-15-6-4-12-7-14(5-3-13(12)8-15)17-9-11-1-2-11/h3-8,10-11H,1-2,9H2. The van der Waals surface area contributed by atoms with Crippen molar-refractivity contribution in [1.82, 2.24) is 0 Å². The Kier molecular flexibility index (Phi) is 2.89. The van der Waals surface area contributed by atoms with Gasteiger partial charge in [0.25, 0.3) is 6.47 Å². The van der Waals surface area contributed by atoms with Crippen molar-refractivity contribution in [3.05, 3.63) is 36.4 Å². The highest BCUT2D eigenvalue weighted by molar-refractivity contribution is 5.85. The molecule has 1 aliphatic carbocycles. The van der Waals surface area contributed by atoms with Gasteiger partial charge in [0.15, 0.2) is 0 Å². The lowest BCUT2D eigenvalue weighted by molar-refractivity contribution is -0.120. The molecule has 0 aliphatic heterocycles. The van der Waals surface area contributed by atoms with Crippen molar-refractivity contribution in [2.75, 3.05) is 6.61 Å². The van der Waals surface area contributed by atoms with Gasteiger partial charge in [-0.05, 0) is 53.8 Å². The van der Waals surface area contributed by atoms with Gasteiger partial charge < -0.3 is 9.47 Å². The van der Waals surface area contributed by atoms with E-state index >= 15 is 0 Å². The number of carbonyl (C=O) groups is 1. The third-order valence-electron chi connectivity index (χ3n) is 3.15. The van der Waals surface area contributed by atoms with Crippen molar-refractivity contribution in [1.29, 1.82) is 0 Å². The minimum Gasteiger partial charge on any atom is -0.493 e. The molecule has 0 saturated heterocycles. The summed E-state index contributed by atoms with van der Waals surface area (Å²) in [6.45, 7) is 1.26. The first-order valence-corrected chi connectivity index (χ1v) is 6.12. The third-order valence-corrected chi connectivity index (χ3v) is 3.15. The van der Waals surface area contributed by atoms with Crippen LogP contribution in [-0.2, 0) is 4.79 Å². The van der Waals surface area contributed by atoms with E-state index in [4.69, 9.17) is 9.47 Å². The molecule has 0 unspecified atom stereocenters. The molecule has 3 nitrogen and oxygen atoms in total. The van der Waals surface area contributed by atoms with Crippen LogP contribution in [0.2, 0.25) is 0 Å². The summed E-state index contributed by atoms with van der Waals surface area (Å²) >= 11 is 0. The third kappa shape index (κ3) is 2.45. The minimum absolute atomic E-state index is 0.439. The summed E-state index contributed by atoms with van der Waals surface area (Å²) in [5, 5.41) is 2.12. The van der Waals surface area contributed by atoms with Gasteiger partial charge in [-0.25, -0.2) is 0 Å². The summed E-state index contributed by atoms with van der Waals surface area (Å²) in [6, 6.07) is 11.5. The molecule has 18 heavy (non-hydrogen) atoms. The Hall–Kier alpha value is -2.03. The Bertz CT molecular complexity index is 573. The van der Waals surface area contributed by atoms with Gasteiger partial charge in [0.05, 0.1) is 6.61 Å². The summed E-state index contributed by atoms with van der Waals surface area (Å²) in [6.07, 6.45) is 2.58. The van der Waals surface area contributed by atoms with Crippen LogP contribution in [0.4, 0.5) is 0 Å². The molecule has 1 saturated carbocycles. The Labute approximate surface area is 105 Å². The molecule has 0 heterocycles. The quantitative estimate of drug-likeness (QED) is 0.755. The zero-order valence-corrected chi connectivity index (χ0v) is 9.96. The molecule has 0 aromatic heterocycles. The zero-order valence-electron chi connectivity index (χ0n) is 9.96. The molecule has 1 fully saturated rings. The first-order valence-electron chi connectivity index (χ1n) is 6.12. The fourth-order valence-electron chi connectivity index (χ4n) is 1.92. The van der Waals surface area contributed by atoms with Crippen molar-refractivity contribution >= 4 is 17.2 Å². The van der Waals surface area contributed by atoms with E-state index in [1.54, 1.807) is 6.07 Å². The van der Waals surface area contributed by atoms with Gasteiger partial charge in [0.2, 0.25) is 0 Å². The van der Waals surface area contributed by atoms with Gasteiger partial charge in [0, 0.05) is 0 Å². The molecule has 1 aliphatic rings. The van der Waals surface area contributed by atoms with E-state index in [2.05, 4.69) is 0 Å². The van der Waals surface area contributed by atoms with E-state index in [1.807, 2.05) is 30.3 Å². The highest BCUT2D eigenvalue weighted by Gasteiger charge is 2.21. The van der Waals surface area contributed by atoms with E-state index in [1.165, 1.54) is 12.8 Å². The summed E-state index contributed by atoms with van der Waals surface area (Å²) in [4.78, 5) is 10.3. The lowest BCUT2D eigenvalue weighted by Crippen LogP contribution is -1.98. The maximum Gasteiger partial charge on any atom is 0.298 e. The molecule has 0 radical (unpaired) electrons. The number of hydrogen-bond donors (Lipinski definition) is 0. The van der Waals surface area contributed by atoms with E-state index in [-0.39, 0.29) is 0 Å². The van der Waals surface area contributed by atoms with Crippen LogP contribution < -0.4 is 9.47 Å². The number of benzene rings is 2. The van der Waals surface area contributed by atoms with Gasteiger partial charge >= 0.3 is 0 Å². The second-order valence-corrected chi connectivity index (χ2v) is 4.64. The van der Waals surface area contributed by atoms with Crippen molar-refractivity contribution in [3.8, 4) is 11.5 Å². The van der Waals surface area contributed by atoms with E-state index < -0.39 is 0 Å². The molecule has 0 amide bonds. The fourth-order valence-corrected chi connectivity index (χ4v) is 1.92. The van der Waals surface area contributed by atoms with Crippen LogP contribution >= 0.6 is 0 Å². The first-order chi connectivity index (χ1) is 8.85. The van der Waals surface area contributed by atoms with Crippen molar-refractivity contribution in [3.63, 3.8) is 0 Å². The van der Waals surface area contributed by atoms with Crippen LogP contribution in [0.25, 0.3) is 10.8 Å². The fraction of sp³-hybridized carbons (Fsp3) is 0.267. The molecule has 0 spiro atoms. The average molecular weight is 242 g/mol. The minimum atomic E-state index is 0.439. The summed E-state index contributed by atoms with van der Waals surface area (Å²) in [5.41, 5.74) is 0. The van der Waals surface area contributed by atoms with Gasteiger partial charge in [-0.3, -0.25) is 4.79 Å². The number of rotatable bonds is 5. The lowest BCUT2D eigenvalue weighted by atomic mass is 10.1. The Morgan fingerprint density at radius 1 is 1.06 bits per heavy atom. The van der Waals surface area contributed by atoms with Crippen LogP contribution in [0.15, 0.2) is 36.4 Å². The number of fused-ring (bicyclic) bond motifs is 1. The Balaban J connectivity index is 1.82. The molecular weight excluding hydrogens is 228 g/mol. The smallest absolute Gasteiger partial charge is 0.298 e. The monoisotopic (exact) mass is 242 g/mol. The van der Waals surface area contributed by atoms with Gasteiger partial charge in [0.1, 0.15) is 11.5 Å². The van der Waals surface area contributed by atoms with Crippen LogP contribution in [0.3, 0.4) is 0 Å². The van der Waals surface area contributed by atoms with Gasteiger partial charge in [-0.1, -0.05) is 12.1 Å². The molecule has 3 rings (SSSR count). The highest BCUT2D eigenvalue weighted by atomic mass is 16.5. The van der Waals surface area contributed by atoms with Crippen molar-refractivity contribution in [2.24, 2.45) is 5.92 Å². The summed E-state index contributed by atoms with van der Waals surface area (Å²) < 4.78 is 10.5. The first kappa shape index (κ1) is 11.1. The SMILES string of the molecule is O=COc1ccc2cc(OCC3CC3)ccc2c1. The van der Waals surface area contributed by atoms with Crippen LogP contribution in [0.1, 0.15) is 12.8 Å². The number of hydrogen-bond acceptors (Lipinski definition) is 3. The normalized spacial score (nSPS) is 14.4. The molecule has 3 heteroatoms. The molecule has 2 aromatic carbocycles. The Morgan fingerprint density at radius 2 is 1.72 bits per heavy atom. The highest BCUT2D eigenvalue weighted by Crippen LogP contribution is 2.30. The zero-order chi connectivity index (χ0) is 12.4. The molecule has 0 N–H and O–H groups in total. The second-order valence-electron chi connectivity index (χ2n) is 4.64. The largest absolute Gasteiger partial charge is 0.493 e. The molecule has 0 bridgehead atoms. The van der Waals surface area contributed by atoms with E-state index in [0.29, 0.717) is 12.2 Å². The van der Waals surface area contributed by atoms with Gasteiger partial charge in [-0.15, -0.1) is 0 Å². The number of ether oxygens (including phenoxy) is 2. The summed E-state index contributed by atoms with van der Waals surface area (Å²) in [7, 11) is 0. The molecular formula is C15H14O3. The lowest BCUT2D eigenvalue weighted by Gasteiger charge is -2.07. The summed E-state index contributed by atoms with van der Waals surface area (Å²) in [5.74, 6) is 2.21. The van der Waals surface area contributed by atoms with Crippen LogP contribution in [0.5, 0.6) is 11.5 Å². The van der Waals surface area contributed by atoms with Crippen LogP contribution in [0, 0.1) is 5.92 Å². The van der Waals surface area contributed by atoms with E-state index in [0.717, 1.165) is 29.0 Å². The molecule has 0 atom stereocenters. The predicted molar refractivity (Wildman–Crippen MR) is 68.9 cm³/mol. The average Bonchev–Trinajstić information content (AvgIpc) is 3.21. The Morgan fingerprint density at radius 3 is 2.39 bits per heavy atom. The topological polar surface area (TPSA) is 35.5 Å². The molecule has 2 aromatic rings. The maximum absolute atomic E-state index is 10.3. The van der Waals surface area contributed by atoms with Crippen molar-refractivity contribution in [2.45, 2.75) is 12.8 Å². The van der Waals surface area contributed by atoms with E-state index in [9.17, 15) is 4.79 Å².